The van der Waals surface area contributed by atoms with Gasteiger partial charge >= 0.3 is 0 Å². The normalized spacial score (nSPS) is 28.2. The Balaban J connectivity index is 1.40. The van der Waals surface area contributed by atoms with Crippen LogP contribution in [0.25, 0.3) is 6.08 Å². The molecule has 1 amide bonds. The molecule has 4 N–H and O–H groups in total. The number of aromatic hydroxyl groups is 1. The van der Waals surface area contributed by atoms with Crippen molar-refractivity contribution in [1.29, 1.82) is 0 Å². The van der Waals surface area contributed by atoms with E-state index in [0.29, 0.717) is 65.9 Å². The molecule has 0 aromatic heterocycles. The molecule has 294 valence electrons. The molecule has 1 aliphatic heterocycles. The Bertz CT molecular complexity index is 1530. The van der Waals surface area contributed by atoms with Gasteiger partial charge in [-0.15, -0.1) is 0 Å². The Morgan fingerprint density at radius 3 is 2.43 bits per heavy atom. The van der Waals surface area contributed by atoms with Crippen LogP contribution in [0.4, 0.5) is 0 Å². The highest BCUT2D eigenvalue weighted by Crippen LogP contribution is 2.61. The zero-order valence-electron chi connectivity index (χ0n) is 33.6. The van der Waals surface area contributed by atoms with Gasteiger partial charge in [-0.3, -0.25) is 14.6 Å². The molecule has 2 aromatic rings. The minimum atomic E-state index is -0.736. The Labute approximate surface area is 324 Å². The van der Waals surface area contributed by atoms with Crippen molar-refractivity contribution in [2.24, 2.45) is 40.9 Å². The SMILES string of the molecule is C=Cc1cc(O)c(CN(Cc2cccc(CN3CC[C@@H](CO)[C@@H]([C@H](C)O)[C@H]3C(=O)N[C@H]3C[C@H]4C[C@@H]([C@@H]3C)C4(C)C)c2)[C@@H](CC(C)C)CN(C)C)c(Cl)c1. The number of nitrogens with zero attached hydrogens (tertiary/aromatic N) is 3. The lowest BCUT2D eigenvalue weighted by Gasteiger charge is -2.62. The van der Waals surface area contributed by atoms with Gasteiger partial charge in [0.05, 0.1) is 12.1 Å². The molecule has 2 aromatic carbocycles. The second-order valence-corrected chi connectivity index (χ2v) is 18.4. The van der Waals surface area contributed by atoms with E-state index in [4.69, 9.17) is 11.6 Å². The summed E-state index contributed by atoms with van der Waals surface area (Å²) >= 11 is 6.78. The number of likely N-dealkylation sites (N-methyl/N-ethyl adjacent to an activating group) is 1. The lowest BCUT2D eigenvalue weighted by molar-refractivity contribution is -0.145. The molecular weight excluding hydrogens is 684 g/mol. The third kappa shape index (κ3) is 9.50. The largest absolute Gasteiger partial charge is 0.508 e. The first-order valence-electron chi connectivity index (χ1n) is 20.0. The van der Waals surface area contributed by atoms with Crippen LogP contribution in [0.15, 0.2) is 43.0 Å². The number of benzene rings is 2. The molecule has 4 fully saturated rings. The summed E-state index contributed by atoms with van der Waals surface area (Å²) in [5, 5.41) is 36.6. The fourth-order valence-corrected chi connectivity index (χ4v) is 10.5. The smallest absolute Gasteiger partial charge is 0.237 e. The van der Waals surface area contributed by atoms with E-state index < -0.39 is 12.1 Å². The molecule has 6 rings (SSSR count). The number of hydrogen-bond donors (Lipinski definition) is 4. The number of amides is 1. The van der Waals surface area contributed by atoms with Crippen LogP contribution in [-0.2, 0) is 24.4 Å². The number of nitrogens with one attached hydrogen (secondary N) is 1. The molecule has 8 nitrogen and oxygen atoms in total. The van der Waals surface area contributed by atoms with Gasteiger partial charge in [0.15, 0.2) is 0 Å². The molecule has 53 heavy (non-hydrogen) atoms. The van der Waals surface area contributed by atoms with Crippen molar-refractivity contribution < 1.29 is 20.1 Å². The number of hydrogen-bond acceptors (Lipinski definition) is 7. The van der Waals surface area contributed by atoms with Crippen LogP contribution in [-0.4, -0.2) is 93.9 Å². The third-order valence-electron chi connectivity index (χ3n) is 13.2. The number of phenols is 1. The maximum atomic E-state index is 14.4. The molecule has 0 unspecified atom stereocenters. The van der Waals surface area contributed by atoms with Crippen LogP contribution in [0.3, 0.4) is 0 Å². The summed E-state index contributed by atoms with van der Waals surface area (Å²) in [6, 6.07) is 12.0. The van der Waals surface area contributed by atoms with Gasteiger partial charge in [-0.1, -0.05) is 83.1 Å². The van der Waals surface area contributed by atoms with Gasteiger partial charge in [-0.25, -0.2) is 0 Å². The van der Waals surface area contributed by atoms with Crippen molar-refractivity contribution >= 4 is 23.6 Å². The number of aliphatic hydroxyl groups is 2. The monoisotopic (exact) mass is 750 g/mol. The Hall–Kier alpha value is -2.46. The minimum absolute atomic E-state index is 0.0216. The van der Waals surface area contributed by atoms with E-state index >= 15 is 0 Å². The van der Waals surface area contributed by atoms with Crippen LogP contribution in [0.5, 0.6) is 5.75 Å². The first-order chi connectivity index (χ1) is 25.0. The number of phenolic OH excluding ortho intramolecular Hbond substituents is 1. The molecule has 0 spiro atoms. The average Bonchev–Trinajstić information content (AvgIpc) is 3.08. The molecule has 3 aliphatic carbocycles. The molecule has 1 saturated heterocycles. The Morgan fingerprint density at radius 2 is 1.85 bits per heavy atom. The van der Waals surface area contributed by atoms with E-state index in [0.717, 1.165) is 42.5 Å². The fourth-order valence-electron chi connectivity index (χ4n) is 10.2. The maximum absolute atomic E-state index is 14.4. The zero-order chi connectivity index (χ0) is 38.8. The summed E-state index contributed by atoms with van der Waals surface area (Å²) in [6.07, 6.45) is 4.90. The Kier molecular flexibility index (Phi) is 13.8. The second kappa shape index (κ2) is 17.6. The van der Waals surface area contributed by atoms with Crippen molar-refractivity contribution in [3.05, 3.63) is 70.3 Å². The number of carbonyl (C=O) groups is 1. The number of piperidine rings is 1. The van der Waals surface area contributed by atoms with Crippen molar-refractivity contribution in [3.8, 4) is 5.75 Å². The van der Waals surface area contributed by atoms with Crippen molar-refractivity contribution in [2.45, 2.75) is 111 Å². The van der Waals surface area contributed by atoms with E-state index in [1.54, 1.807) is 19.1 Å². The number of carbonyl (C=O) groups excluding carboxylic acids is 1. The number of rotatable bonds is 16. The van der Waals surface area contributed by atoms with Crippen LogP contribution >= 0.6 is 11.6 Å². The highest BCUT2D eigenvalue weighted by molar-refractivity contribution is 6.31. The Morgan fingerprint density at radius 1 is 1.13 bits per heavy atom. The van der Waals surface area contributed by atoms with Gasteiger partial charge < -0.3 is 25.5 Å². The molecule has 2 bridgehead atoms. The summed E-state index contributed by atoms with van der Waals surface area (Å²) in [7, 11) is 4.20. The van der Waals surface area contributed by atoms with E-state index in [1.807, 2.05) is 6.07 Å². The predicted octanol–water partition coefficient (Wildman–Crippen LogP) is 7.03. The highest BCUT2D eigenvalue weighted by atomic mass is 35.5. The van der Waals surface area contributed by atoms with Gasteiger partial charge in [0.1, 0.15) is 5.75 Å². The summed E-state index contributed by atoms with van der Waals surface area (Å²) < 4.78 is 0. The lowest BCUT2D eigenvalue weighted by atomic mass is 9.44. The molecule has 0 radical (unpaired) electrons. The summed E-state index contributed by atoms with van der Waals surface area (Å²) in [5.74, 6) is 1.75. The standard InChI is InChI=1S/C44H67ClN4O4/c1-10-30-18-38(45)36(40(52)19-30)25-49(35(16-27(2)3)24-47(8)9)23-32-13-11-12-31(17-32)22-48-15-14-33(26-50)41(29(5)51)42(48)43(53)46-39-21-34-20-37(28(39)4)44(34,6)7/h10-13,17-19,27-29,33-35,37,39,41-42,50-52H,1,14-16,20-26H2,2-9H3,(H,46,53)/t28-,29-,33-,34+,35-,37-,39-,41+,42-/m0/s1. The third-order valence-corrected chi connectivity index (χ3v) is 13.6. The van der Waals surface area contributed by atoms with Crippen molar-refractivity contribution in [3.63, 3.8) is 0 Å². The molecule has 9 atom stereocenters. The predicted molar refractivity (Wildman–Crippen MR) is 216 cm³/mol. The van der Waals surface area contributed by atoms with E-state index in [2.05, 4.69) is 99.6 Å². The van der Waals surface area contributed by atoms with Gasteiger partial charge in [-0.05, 0) is 117 Å². The minimum Gasteiger partial charge on any atom is -0.508 e. The van der Waals surface area contributed by atoms with Crippen LogP contribution < -0.4 is 5.32 Å². The maximum Gasteiger partial charge on any atom is 0.237 e. The summed E-state index contributed by atoms with van der Waals surface area (Å²) in [6.45, 7) is 20.3. The van der Waals surface area contributed by atoms with Crippen LogP contribution in [0.1, 0.15) is 89.5 Å². The molecule has 1 heterocycles. The molecule has 4 aliphatic rings. The van der Waals surface area contributed by atoms with Crippen LogP contribution in [0, 0.1) is 40.9 Å². The van der Waals surface area contributed by atoms with E-state index in [9.17, 15) is 20.1 Å². The van der Waals surface area contributed by atoms with Crippen molar-refractivity contribution in [1.82, 2.24) is 20.0 Å². The number of aliphatic hydroxyl groups excluding tert-OH is 2. The van der Waals surface area contributed by atoms with Crippen LogP contribution in [0.2, 0.25) is 5.02 Å². The highest BCUT2D eigenvalue weighted by Gasteiger charge is 2.57. The number of halogens is 1. The topological polar surface area (TPSA) is 99.5 Å². The van der Waals surface area contributed by atoms with Gasteiger partial charge in [0.25, 0.3) is 0 Å². The quantitative estimate of drug-likeness (QED) is 0.146. The van der Waals surface area contributed by atoms with E-state index in [1.165, 1.54) is 6.42 Å². The molecule has 3 saturated carbocycles. The zero-order valence-corrected chi connectivity index (χ0v) is 34.3. The molecule has 9 heteroatoms. The number of likely N-dealkylation sites (tertiary alicyclic amines) is 1. The van der Waals surface area contributed by atoms with Gasteiger partial charge in [-0.2, -0.15) is 0 Å². The van der Waals surface area contributed by atoms with Gasteiger partial charge in [0.2, 0.25) is 5.91 Å². The second-order valence-electron chi connectivity index (χ2n) is 18.0. The summed E-state index contributed by atoms with van der Waals surface area (Å²) in [4.78, 5) is 21.3. The first-order valence-corrected chi connectivity index (χ1v) is 20.3. The average molecular weight is 751 g/mol. The number of fused-ring (bicyclic) bond motifs is 2. The first kappa shape index (κ1) is 41.7. The van der Waals surface area contributed by atoms with Crippen molar-refractivity contribution in [2.75, 3.05) is 33.8 Å². The lowest BCUT2D eigenvalue weighted by Crippen LogP contribution is -2.64. The van der Waals surface area contributed by atoms with Gasteiger partial charge in [0, 0.05) is 61.4 Å². The summed E-state index contributed by atoms with van der Waals surface area (Å²) in [5.41, 5.74) is 4.06. The molecular formula is C44H67ClN4O4. The van der Waals surface area contributed by atoms with E-state index in [-0.39, 0.29) is 42.2 Å². The fraction of sp³-hybridized carbons (Fsp3) is 0.659.